The molecule has 0 saturated heterocycles. The Hall–Kier alpha value is -2.21. The molecule has 2 heterocycles. The van der Waals surface area contributed by atoms with Crippen molar-refractivity contribution in [2.24, 2.45) is 0 Å². The maximum Gasteiger partial charge on any atom is 0.0544 e. The molecular formula is C22H26CoN4. The van der Waals surface area contributed by atoms with Gasteiger partial charge in [0.05, 0.1) is 11.4 Å². The molecule has 5 heteroatoms. The number of pyridine rings is 2. The summed E-state index contributed by atoms with van der Waals surface area (Å²) in [6.07, 6.45) is 3.70. The van der Waals surface area contributed by atoms with Gasteiger partial charge in [0.2, 0.25) is 0 Å². The van der Waals surface area contributed by atoms with E-state index in [1.807, 2.05) is 36.7 Å². The number of nitrogens with one attached hydrogen (secondary N) is 1. The minimum atomic E-state index is 0. The maximum absolute atomic E-state index is 4.47. The van der Waals surface area contributed by atoms with Crippen LogP contribution in [0.1, 0.15) is 22.5 Å². The molecule has 27 heavy (non-hydrogen) atoms. The van der Waals surface area contributed by atoms with Crippen molar-refractivity contribution in [3.05, 3.63) is 89.5 Å². The van der Waals surface area contributed by atoms with Gasteiger partial charge in [0, 0.05) is 61.0 Å². The second kappa shape index (κ2) is 10.8. The summed E-state index contributed by atoms with van der Waals surface area (Å²) in [5.74, 6) is 0. The first kappa shape index (κ1) is 21.1. The molecule has 4 nitrogen and oxygen atoms in total. The van der Waals surface area contributed by atoms with Crippen LogP contribution in [0.3, 0.4) is 0 Å². The van der Waals surface area contributed by atoms with Gasteiger partial charge in [-0.05, 0) is 49.7 Å². The Labute approximate surface area is 172 Å². The summed E-state index contributed by atoms with van der Waals surface area (Å²) < 4.78 is 0. The van der Waals surface area contributed by atoms with E-state index in [4.69, 9.17) is 0 Å². The fraction of sp³-hybridized carbons (Fsp3) is 0.273. The topological polar surface area (TPSA) is 41.0 Å². The monoisotopic (exact) mass is 405 g/mol. The van der Waals surface area contributed by atoms with Gasteiger partial charge in [0.15, 0.2) is 0 Å². The Balaban J connectivity index is 0.00000261. The van der Waals surface area contributed by atoms with Crippen molar-refractivity contribution in [3.63, 3.8) is 0 Å². The average Bonchev–Trinajstić information content (AvgIpc) is 2.65. The van der Waals surface area contributed by atoms with Gasteiger partial charge >= 0.3 is 0 Å². The number of benzene rings is 1. The molecule has 143 valence electrons. The van der Waals surface area contributed by atoms with Crippen molar-refractivity contribution in [1.82, 2.24) is 14.9 Å². The number of aromatic nitrogens is 2. The SMILES string of the molecule is Cc1ccc(NCCN(Cc2ccccn2)Cc2ccccn2)c(C)c1.[Co]. The number of aryl methyl sites for hydroxylation is 2. The first-order valence-electron chi connectivity index (χ1n) is 9.04. The molecular weight excluding hydrogens is 379 g/mol. The molecule has 0 aliphatic carbocycles. The van der Waals surface area contributed by atoms with E-state index in [0.29, 0.717) is 0 Å². The van der Waals surface area contributed by atoms with E-state index in [9.17, 15) is 0 Å². The second-order valence-electron chi connectivity index (χ2n) is 6.60. The van der Waals surface area contributed by atoms with Crippen LogP contribution in [0.2, 0.25) is 0 Å². The fourth-order valence-electron chi connectivity index (χ4n) is 3.02. The molecule has 1 aromatic carbocycles. The van der Waals surface area contributed by atoms with E-state index < -0.39 is 0 Å². The van der Waals surface area contributed by atoms with Crippen LogP contribution in [0.15, 0.2) is 67.0 Å². The van der Waals surface area contributed by atoms with Crippen LogP contribution in [0.5, 0.6) is 0 Å². The van der Waals surface area contributed by atoms with Gasteiger partial charge in [-0.1, -0.05) is 29.8 Å². The molecule has 2 aromatic heterocycles. The molecule has 0 spiro atoms. The minimum absolute atomic E-state index is 0. The zero-order valence-electron chi connectivity index (χ0n) is 15.9. The van der Waals surface area contributed by atoms with Gasteiger partial charge in [0.25, 0.3) is 0 Å². The second-order valence-corrected chi connectivity index (χ2v) is 6.60. The summed E-state index contributed by atoms with van der Waals surface area (Å²) >= 11 is 0. The van der Waals surface area contributed by atoms with Crippen LogP contribution < -0.4 is 5.32 Å². The van der Waals surface area contributed by atoms with Gasteiger partial charge in [-0.2, -0.15) is 0 Å². The van der Waals surface area contributed by atoms with Crippen molar-refractivity contribution in [2.75, 3.05) is 18.4 Å². The van der Waals surface area contributed by atoms with Crippen LogP contribution in [0.25, 0.3) is 0 Å². The summed E-state index contributed by atoms with van der Waals surface area (Å²) in [7, 11) is 0. The van der Waals surface area contributed by atoms with Gasteiger partial charge in [-0.25, -0.2) is 0 Å². The van der Waals surface area contributed by atoms with Gasteiger partial charge in [-0.15, -0.1) is 0 Å². The third kappa shape index (κ3) is 6.79. The van der Waals surface area contributed by atoms with E-state index in [0.717, 1.165) is 37.6 Å². The molecule has 0 aliphatic heterocycles. The van der Waals surface area contributed by atoms with Crippen LogP contribution in [0.4, 0.5) is 5.69 Å². The fourth-order valence-corrected chi connectivity index (χ4v) is 3.02. The molecule has 0 unspecified atom stereocenters. The van der Waals surface area contributed by atoms with E-state index in [-0.39, 0.29) is 16.8 Å². The molecule has 1 N–H and O–H groups in total. The van der Waals surface area contributed by atoms with E-state index in [1.165, 1.54) is 16.8 Å². The maximum atomic E-state index is 4.47. The van der Waals surface area contributed by atoms with Crippen molar-refractivity contribution in [1.29, 1.82) is 0 Å². The predicted molar refractivity (Wildman–Crippen MR) is 107 cm³/mol. The standard InChI is InChI=1S/C22H26N4.Co/c1-18-9-10-22(19(2)15-18)25-13-14-26(16-20-7-3-5-11-23-20)17-21-8-4-6-12-24-21;/h3-12,15,25H,13-14,16-17H2,1-2H3;. The van der Waals surface area contributed by atoms with Gasteiger partial charge in [0.1, 0.15) is 0 Å². The van der Waals surface area contributed by atoms with Crippen molar-refractivity contribution in [3.8, 4) is 0 Å². The largest absolute Gasteiger partial charge is 0.384 e. The van der Waals surface area contributed by atoms with Crippen LogP contribution in [0, 0.1) is 13.8 Å². The molecule has 0 amide bonds. The number of hydrogen-bond donors (Lipinski definition) is 1. The van der Waals surface area contributed by atoms with E-state index in [1.54, 1.807) is 0 Å². The predicted octanol–water partition coefficient (Wildman–Crippen LogP) is 4.21. The van der Waals surface area contributed by atoms with Crippen LogP contribution in [-0.4, -0.2) is 28.0 Å². The van der Waals surface area contributed by atoms with Gasteiger partial charge < -0.3 is 5.32 Å². The molecule has 3 rings (SSSR count). The molecule has 0 atom stereocenters. The first-order valence-corrected chi connectivity index (χ1v) is 9.04. The molecule has 1 radical (unpaired) electrons. The van der Waals surface area contributed by atoms with E-state index >= 15 is 0 Å². The zero-order chi connectivity index (χ0) is 18.2. The number of anilines is 1. The normalized spacial score (nSPS) is 10.5. The molecule has 0 fully saturated rings. The summed E-state index contributed by atoms with van der Waals surface area (Å²) in [5.41, 5.74) is 5.93. The van der Waals surface area contributed by atoms with Crippen molar-refractivity contribution < 1.29 is 16.8 Å². The number of rotatable bonds is 8. The Morgan fingerprint density at radius 2 is 1.48 bits per heavy atom. The minimum Gasteiger partial charge on any atom is -0.384 e. The molecule has 3 aromatic rings. The third-order valence-corrected chi connectivity index (χ3v) is 4.35. The summed E-state index contributed by atoms with van der Waals surface area (Å²) in [6.45, 7) is 7.69. The molecule has 0 saturated carbocycles. The van der Waals surface area contributed by atoms with E-state index in [2.05, 4.69) is 64.4 Å². The quantitative estimate of drug-likeness (QED) is 0.610. The summed E-state index contributed by atoms with van der Waals surface area (Å²) in [6, 6.07) is 18.6. The number of hydrogen-bond acceptors (Lipinski definition) is 4. The number of nitrogens with zero attached hydrogens (tertiary/aromatic N) is 3. The summed E-state index contributed by atoms with van der Waals surface area (Å²) in [4.78, 5) is 11.3. The Morgan fingerprint density at radius 3 is 2.00 bits per heavy atom. The Bertz CT molecular complexity index is 768. The Morgan fingerprint density at radius 1 is 0.852 bits per heavy atom. The van der Waals surface area contributed by atoms with Crippen LogP contribution >= 0.6 is 0 Å². The zero-order valence-corrected chi connectivity index (χ0v) is 16.9. The van der Waals surface area contributed by atoms with Crippen molar-refractivity contribution in [2.45, 2.75) is 26.9 Å². The smallest absolute Gasteiger partial charge is 0.0544 e. The summed E-state index contributed by atoms with van der Waals surface area (Å²) in [5, 5.41) is 3.56. The molecule has 0 bridgehead atoms. The average molecular weight is 405 g/mol. The first-order chi connectivity index (χ1) is 12.7. The third-order valence-electron chi connectivity index (χ3n) is 4.35. The Kier molecular flexibility index (Phi) is 8.45. The van der Waals surface area contributed by atoms with Gasteiger partial charge in [-0.3, -0.25) is 14.9 Å². The molecule has 0 aliphatic rings. The van der Waals surface area contributed by atoms with Crippen molar-refractivity contribution >= 4 is 5.69 Å². The van der Waals surface area contributed by atoms with Crippen LogP contribution in [-0.2, 0) is 29.9 Å².